The molecular formula is C14H17N3O2. The third-order valence-electron chi connectivity index (χ3n) is 2.98. The molecular weight excluding hydrogens is 242 g/mol. The highest BCUT2D eigenvalue weighted by Crippen LogP contribution is 2.17. The van der Waals surface area contributed by atoms with Crippen molar-refractivity contribution < 1.29 is 9.59 Å². The topological polar surface area (TPSA) is 88.0 Å². The number of hydrogen-bond donors (Lipinski definition) is 3. The van der Waals surface area contributed by atoms with Crippen molar-refractivity contribution in [3.63, 3.8) is 0 Å². The molecule has 2 rings (SSSR count). The van der Waals surface area contributed by atoms with E-state index in [4.69, 9.17) is 5.73 Å². The molecule has 0 aliphatic heterocycles. The van der Waals surface area contributed by atoms with Gasteiger partial charge in [-0.1, -0.05) is 6.07 Å². The average molecular weight is 259 g/mol. The fraction of sp³-hybridized carbons (Fsp3) is 0.286. The minimum absolute atomic E-state index is 0.0933. The van der Waals surface area contributed by atoms with E-state index in [0.29, 0.717) is 24.9 Å². The summed E-state index contributed by atoms with van der Waals surface area (Å²) in [6.07, 6.45) is 3.62. The van der Waals surface area contributed by atoms with Gasteiger partial charge in [-0.05, 0) is 31.0 Å². The third-order valence-corrected chi connectivity index (χ3v) is 2.98. The Bertz CT molecular complexity index is 589. The Labute approximate surface area is 111 Å². The number of nitrogens with two attached hydrogens (primary N) is 1. The summed E-state index contributed by atoms with van der Waals surface area (Å²) < 4.78 is 0. The molecule has 5 nitrogen and oxygen atoms in total. The standard InChI is InChI=1S/C14H17N3O2/c15-13(18)6-1-2-8-17-14(19)11-4-3-5-12-10(11)7-9-16-12/h3-5,7,9,16H,1-2,6,8H2,(H2,15,18)(H,17,19). The highest BCUT2D eigenvalue weighted by molar-refractivity contribution is 6.06. The Balaban J connectivity index is 1.90. The number of rotatable bonds is 6. The Hall–Kier alpha value is -2.30. The molecule has 0 fully saturated rings. The molecule has 1 heterocycles. The number of aromatic nitrogens is 1. The van der Waals surface area contributed by atoms with Gasteiger partial charge in [-0.2, -0.15) is 0 Å². The first-order valence-electron chi connectivity index (χ1n) is 6.31. The van der Waals surface area contributed by atoms with E-state index < -0.39 is 0 Å². The fourth-order valence-electron chi connectivity index (χ4n) is 2.00. The predicted octanol–water partition coefficient (Wildman–Crippen LogP) is 1.55. The van der Waals surface area contributed by atoms with E-state index in [1.807, 2.05) is 24.4 Å². The van der Waals surface area contributed by atoms with Crippen LogP contribution in [0.2, 0.25) is 0 Å². The zero-order valence-electron chi connectivity index (χ0n) is 10.6. The molecule has 0 bridgehead atoms. The van der Waals surface area contributed by atoms with Crippen LogP contribution in [0.25, 0.3) is 10.9 Å². The molecule has 0 aliphatic carbocycles. The van der Waals surface area contributed by atoms with Gasteiger partial charge in [-0.15, -0.1) is 0 Å². The summed E-state index contributed by atoms with van der Waals surface area (Å²) in [5, 5.41) is 3.76. The molecule has 19 heavy (non-hydrogen) atoms. The second-order valence-corrected chi connectivity index (χ2v) is 4.42. The number of carbonyl (C=O) groups excluding carboxylic acids is 2. The number of amides is 2. The molecule has 2 aromatic rings. The molecule has 0 saturated heterocycles. The molecule has 2 amide bonds. The van der Waals surface area contributed by atoms with Crippen molar-refractivity contribution in [2.45, 2.75) is 19.3 Å². The van der Waals surface area contributed by atoms with Crippen LogP contribution in [-0.4, -0.2) is 23.3 Å². The summed E-state index contributed by atoms with van der Waals surface area (Å²) in [7, 11) is 0. The lowest BCUT2D eigenvalue weighted by atomic mass is 10.1. The molecule has 0 aliphatic rings. The van der Waals surface area contributed by atoms with Gasteiger partial charge >= 0.3 is 0 Å². The molecule has 0 atom stereocenters. The number of fused-ring (bicyclic) bond motifs is 1. The summed E-state index contributed by atoms with van der Waals surface area (Å²) in [5.74, 6) is -0.396. The Kier molecular flexibility index (Phi) is 4.18. The van der Waals surface area contributed by atoms with Gasteiger partial charge in [0.05, 0.1) is 0 Å². The largest absolute Gasteiger partial charge is 0.370 e. The van der Waals surface area contributed by atoms with Gasteiger partial charge in [-0.25, -0.2) is 0 Å². The quantitative estimate of drug-likeness (QED) is 0.687. The van der Waals surface area contributed by atoms with E-state index in [0.717, 1.165) is 17.3 Å². The SMILES string of the molecule is NC(=O)CCCCNC(=O)c1cccc2[nH]ccc12. The molecule has 100 valence electrons. The Morgan fingerprint density at radius 3 is 2.84 bits per heavy atom. The summed E-state index contributed by atoms with van der Waals surface area (Å²) >= 11 is 0. The Morgan fingerprint density at radius 1 is 1.21 bits per heavy atom. The van der Waals surface area contributed by atoms with Gasteiger partial charge in [-0.3, -0.25) is 9.59 Å². The van der Waals surface area contributed by atoms with Crippen molar-refractivity contribution >= 4 is 22.7 Å². The van der Waals surface area contributed by atoms with Gasteiger partial charge in [0.2, 0.25) is 5.91 Å². The molecule has 1 aromatic carbocycles. The predicted molar refractivity (Wildman–Crippen MR) is 73.7 cm³/mol. The second kappa shape index (κ2) is 6.04. The van der Waals surface area contributed by atoms with E-state index in [1.54, 1.807) is 6.07 Å². The van der Waals surface area contributed by atoms with Crippen LogP contribution in [-0.2, 0) is 4.79 Å². The van der Waals surface area contributed by atoms with E-state index >= 15 is 0 Å². The van der Waals surface area contributed by atoms with Gasteiger partial charge in [0.1, 0.15) is 0 Å². The maximum absolute atomic E-state index is 12.0. The Morgan fingerprint density at radius 2 is 2.05 bits per heavy atom. The van der Waals surface area contributed by atoms with E-state index in [-0.39, 0.29) is 11.8 Å². The molecule has 4 N–H and O–H groups in total. The van der Waals surface area contributed by atoms with Gasteiger partial charge < -0.3 is 16.0 Å². The number of benzene rings is 1. The number of H-pyrrole nitrogens is 1. The highest BCUT2D eigenvalue weighted by Gasteiger charge is 2.09. The fourth-order valence-corrected chi connectivity index (χ4v) is 2.00. The number of unbranched alkanes of at least 4 members (excludes halogenated alkanes) is 1. The average Bonchev–Trinajstić information content (AvgIpc) is 2.85. The van der Waals surface area contributed by atoms with E-state index in [2.05, 4.69) is 10.3 Å². The van der Waals surface area contributed by atoms with E-state index in [1.165, 1.54) is 0 Å². The summed E-state index contributed by atoms with van der Waals surface area (Å²) in [6.45, 7) is 0.549. The smallest absolute Gasteiger partial charge is 0.251 e. The summed E-state index contributed by atoms with van der Waals surface area (Å²) in [4.78, 5) is 25.7. The monoisotopic (exact) mass is 259 g/mol. The van der Waals surface area contributed by atoms with Gasteiger partial charge in [0, 0.05) is 35.6 Å². The maximum Gasteiger partial charge on any atom is 0.251 e. The molecule has 5 heteroatoms. The normalized spacial score (nSPS) is 10.5. The molecule has 0 unspecified atom stereocenters. The first-order valence-corrected chi connectivity index (χ1v) is 6.31. The number of carbonyl (C=O) groups is 2. The van der Waals surface area contributed by atoms with Crippen molar-refractivity contribution in [2.75, 3.05) is 6.54 Å². The minimum atomic E-state index is -0.302. The van der Waals surface area contributed by atoms with Crippen LogP contribution >= 0.6 is 0 Å². The van der Waals surface area contributed by atoms with Crippen molar-refractivity contribution in [3.05, 3.63) is 36.0 Å². The lowest BCUT2D eigenvalue weighted by molar-refractivity contribution is -0.118. The summed E-state index contributed by atoms with van der Waals surface area (Å²) in [6, 6.07) is 7.46. The summed E-state index contributed by atoms with van der Waals surface area (Å²) in [5.41, 5.74) is 6.65. The molecule has 0 spiro atoms. The van der Waals surface area contributed by atoms with Gasteiger partial charge in [0.25, 0.3) is 5.91 Å². The minimum Gasteiger partial charge on any atom is -0.370 e. The lowest BCUT2D eigenvalue weighted by Gasteiger charge is -2.06. The zero-order chi connectivity index (χ0) is 13.7. The number of hydrogen-bond acceptors (Lipinski definition) is 2. The van der Waals surface area contributed by atoms with Crippen LogP contribution in [0, 0.1) is 0 Å². The number of aromatic amines is 1. The van der Waals surface area contributed by atoms with Crippen molar-refractivity contribution in [2.24, 2.45) is 5.73 Å². The van der Waals surface area contributed by atoms with Crippen molar-refractivity contribution in [1.29, 1.82) is 0 Å². The lowest BCUT2D eigenvalue weighted by Crippen LogP contribution is -2.24. The van der Waals surface area contributed by atoms with Crippen LogP contribution in [0.3, 0.4) is 0 Å². The van der Waals surface area contributed by atoms with Crippen molar-refractivity contribution in [1.82, 2.24) is 10.3 Å². The van der Waals surface area contributed by atoms with Crippen LogP contribution in [0.4, 0.5) is 0 Å². The first-order chi connectivity index (χ1) is 9.18. The molecule has 0 saturated carbocycles. The molecule has 0 radical (unpaired) electrons. The van der Waals surface area contributed by atoms with Crippen LogP contribution in [0.5, 0.6) is 0 Å². The first kappa shape index (κ1) is 13.1. The van der Waals surface area contributed by atoms with E-state index in [9.17, 15) is 9.59 Å². The van der Waals surface area contributed by atoms with Crippen LogP contribution in [0.1, 0.15) is 29.6 Å². The van der Waals surface area contributed by atoms with Crippen LogP contribution < -0.4 is 11.1 Å². The van der Waals surface area contributed by atoms with Crippen LogP contribution in [0.15, 0.2) is 30.5 Å². The number of nitrogens with one attached hydrogen (secondary N) is 2. The second-order valence-electron chi connectivity index (χ2n) is 4.42. The zero-order valence-corrected chi connectivity index (χ0v) is 10.6. The van der Waals surface area contributed by atoms with Crippen molar-refractivity contribution in [3.8, 4) is 0 Å². The molecule has 1 aromatic heterocycles. The number of primary amides is 1. The maximum atomic E-state index is 12.0. The third kappa shape index (κ3) is 3.34. The highest BCUT2D eigenvalue weighted by atomic mass is 16.2. The van der Waals surface area contributed by atoms with Gasteiger partial charge in [0.15, 0.2) is 0 Å².